The van der Waals surface area contributed by atoms with Gasteiger partial charge in [0, 0.05) is 24.5 Å². The van der Waals surface area contributed by atoms with E-state index in [0.29, 0.717) is 11.4 Å². The lowest BCUT2D eigenvalue weighted by Gasteiger charge is -2.20. The van der Waals surface area contributed by atoms with E-state index >= 15 is 0 Å². The third kappa shape index (κ3) is 6.07. The average molecular weight is 395 g/mol. The summed E-state index contributed by atoms with van der Waals surface area (Å²) >= 11 is 0. The minimum absolute atomic E-state index is 0.0894. The fourth-order valence-corrected chi connectivity index (χ4v) is 3.27. The highest BCUT2D eigenvalue weighted by molar-refractivity contribution is 5.93. The van der Waals surface area contributed by atoms with E-state index in [4.69, 9.17) is 5.11 Å². The van der Waals surface area contributed by atoms with Crippen molar-refractivity contribution in [1.29, 1.82) is 0 Å². The molecule has 152 valence electrons. The first-order valence-corrected chi connectivity index (χ1v) is 9.79. The lowest BCUT2D eigenvalue weighted by molar-refractivity contribution is -0.115. The molecule has 0 saturated carbocycles. The van der Waals surface area contributed by atoms with E-state index in [-0.39, 0.29) is 23.9 Å². The SMILES string of the molecule is O=C(Cc1ccc(C(=O)O)cc1)Nc1ccc(NC(=O)N2CCCCCC2)cc1. The molecule has 0 bridgehead atoms. The predicted octanol–water partition coefficient (Wildman–Crippen LogP) is 3.97. The molecule has 0 radical (unpaired) electrons. The molecule has 2 aromatic rings. The number of carbonyl (C=O) groups is 3. The Balaban J connectivity index is 1.51. The minimum atomic E-state index is -0.996. The Morgan fingerprint density at radius 1 is 0.793 bits per heavy atom. The van der Waals surface area contributed by atoms with Gasteiger partial charge in [-0.25, -0.2) is 9.59 Å². The van der Waals surface area contributed by atoms with Gasteiger partial charge in [-0.1, -0.05) is 25.0 Å². The smallest absolute Gasteiger partial charge is 0.335 e. The average Bonchev–Trinajstić information content (AvgIpc) is 2.99. The molecule has 1 fully saturated rings. The highest BCUT2D eigenvalue weighted by Gasteiger charge is 2.15. The van der Waals surface area contributed by atoms with Gasteiger partial charge in [0.25, 0.3) is 0 Å². The Kier molecular flexibility index (Phi) is 6.84. The third-order valence-electron chi connectivity index (χ3n) is 4.88. The summed E-state index contributed by atoms with van der Waals surface area (Å²) in [5.74, 6) is -1.20. The second-order valence-electron chi connectivity index (χ2n) is 7.14. The summed E-state index contributed by atoms with van der Waals surface area (Å²) in [6.07, 6.45) is 4.56. The van der Waals surface area contributed by atoms with Crippen LogP contribution in [0.25, 0.3) is 0 Å². The van der Waals surface area contributed by atoms with E-state index in [1.54, 1.807) is 36.4 Å². The van der Waals surface area contributed by atoms with Crippen LogP contribution < -0.4 is 10.6 Å². The first kappa shape index (κ1) is 20.4. The number of hydrogen-bond acceptors (Lipinski definition) is 3. The van der Waals surface area contributed by atoms with Crippen molar-refractivity contribution in [2.45, 2.75) is 32.1 Å². The summed E-state index contributed by atoms with van der Waals surface area (Å²) in [6, 6.07) is 13.1. The molecule has 29 heavy (non-hydrogen) atoms. The van der Waals surface area contributed by atoms with Gasteiger partial charge < -0.3 is 20.6 Å². The lowest BCUT2D eigenvalue weighted by Crippen LogP contribution is -2.35. The molecular weight excluding hydrogens is 370 g/mol. The van der Waals surface area contributed by atoms with Crippen molar-refractivity contribution in [3.8, 4) is 0 Å². The lowest BCUT2D eigenvalue weighted by atomic mass is 10.1. The van der Waals surface area contributed by atoms with Crippen LogP contribution in [-0.2, 0) is 11.2 Å². The highest BCUT2D eigenvalue weighted by Crippen LogP contribution is 2.16. The van der Waals surface area contributed by atoms with Gasteiger partial charge in [0.1, 0.15) is 0 Å². The number of anilines is 2. The predicted molar refractivity (Wildman–Crippen MR) is 111 cm³/mol. The molecule has 1 aliphatic rings. The van der Waals surface area contributed by atoms with Crippen LogP contribution >= 0.6 is 0 Å². The number of urea groups is 1. The number of amides is 3. The third-order valence-corrected chi connectivity index (χ3v) is 4.88. The van der Waals surface area contributed by atoms with Crippen LogP contribution in [0.15, 0.2) is 48.5 Å². The molecule has 1 aliphatic heterocycles. The Bertz CT molecular complexity index is 855. The van der Waals surface area contributed by atoms with Gasteiger partial charge in [-0.3, -0.25) is 4.79 Å². The number of nitrogens with one attached hydrogen (secondary N) is 2. The van der Waals surface area contributed by atoms with Gasteiger partial charge in [0.05, 0.1) is 12.0 Å². The fraction of sp³-hybridized carbons (Fsp3) is 0.318. The van der Waals surface area contributed by atoms with Crippen LogP contribution in [0.2, 0.25) is 0 Å². The standard InChI is InChI=1S/C22H25N3O4/c26-20(15-16-5-7-17(8-6-16)21(27)28)23-18-9-11-19(12-10-18)24-22(29)25-13-3-1-2-4-14-25/h5-12H,1-4,13-15H2,(H,23,26)(H,24,29)(H,27,28). The van der Waals surface area contributed by atoms with Gasteiger partial charge in [0.2, 0.25) is 5.91 Å². The maximum Gasteiger partial charge on any atom is 0.335 e. The van der Waals surface area contributed by atoms with Crippen molar-refractivity contribution in [3.05, 3.63) is 59.7 Å². The Morgan fingerprint density at radius 2 is 1.34 bits per heavy atom. The maximum atomic E-state index is 12.4. The zero-order chi connectivity index (χ0) is 20.6. The molecule has 0 aromatic heterocycles. The molecule has 0 spiro atoms. The molecule has 3 amide bonds. The Hall–Kier alpha value is -3.35. The normalized spacial score (nSPS) is 14.0. The molecule has 3 rings (SSSR count). The van der Waals surface area contributed by atoms with Gasteiger partial charge in [-0.15, -0.1) is 0 Å². The zero-order valence-corrected chi connectivity index (χ0v) is 16.2. The number of aromatic carboxylic acids is 1. The number of likely N-dealkylation sites (tertiary alicyclic amines) is 1. The molecule has 0 aliphatic carbocycles. The number of nitrogens with zero attached hydrogens (tertiary/aromatic N) is 1. The van der Waals surface area contributed by atoms with E-state index < -0.39 is 5.97 Å². The van der Waals surface area contributed by atoms with Crippen LogP contribution in [0.3, 0.4) is 0 Å². The van der Waals surface area contributed by atoms with E-state index in [1.165, 1.54) is 25.0 Å². The summed E-state index contributed by atoms with van der Waals surface area (Å²) in [5, 5.41) is 14.6. The van der Waals surface area contributed by atoms with Gasteiger partial charge >= 0.3 is 12.0 Å². The topological polar surface area (TPSA) is 98.7 Å². The number of hydrogen-bond donors (Lipinski definition) is 3. The second kappa shape index (κ2) is 9.73. The van der Waals surface area contributed by atoms with Gasteiger partial charge in [-0.05, 0) is 54.8 Å². The molecule has 7 heteroatoms. The van der Waals surface area contributed by atoms with Crippen molar-refractivity contribution >= 4 is 29.3 Å². The quantitative estimate of drug-likeness (QED) is 0.713. The fourth-order valence-electron chi connectivity index (χ4n) is 3.27. The summed E-state index contributed by atoms with van der Waals surface area (Å²) < 4.78 is 0. The van der Waals surface area contributed by atoms with Crippen LogP contribution in [0.5, 0.6) is 0 Å². The molecule has 1 heterocycles. The van der Waals surface area contributed by atoms with Crippen LogP contribution in [0.1, 0.15) is 41.6 Å². The first-order chi connectivity index (χ1) is 14.0. The van der Waals surface area contributed by atoms with Crippen molar-refractivity contribution in [2.24, 2.45) is 0 Å². The van der Waals surface area contributed by atoms with Crippen molar-refractivity contribution in [2.75, 3.05) is 23.7 Å². The Morgan fingerprint density at radius 3 is 1.90 bits per heavy atom. The zero-order valence-electron chi connectivity index (χ0n) is 16.2. The van der Waals surface area contributed by atoms with Crippen LogP contribution in [-0.4, -0.2) is 41.0 Å². The molecule has 1 saturated heterocycles. The highest BCUT2D eigenvalue weighted by atomic mass is 16.4. The summed E-state index contributed by atoms with van der Waals surface area (Å²) in [5.41, 5.74) is 2.23. The maximum absolute atomic E-state index is 12.4. The van der Waals surface area contributed by atoms with E-state index in [2.05, 4.69) is 10.6 Å². The molecular formula is C22H25N3O4. The van der Waals surface area contributed by atoms with Crippen molar-refractivity contribution in [1.82, 2.24) is 4.90 Å². The number of benzene rings is 2. The van der Waals surface area contributed by atoms with Crippen LogP contribution in [0.4, 0.5) is 16.2 Å². The van der Waals surface area contributed by atoms with E-state index in [0.717, 1.165) is 31.5 Å². The minimum Gasteiger partial charge on any atom is -0.478 e. The molecule has 7 nitrogen and oxygen atoms in total. The molecule has 0 unspecified atom stereocenters. The monoisotopic (exact) mass is 395 g/mol. The first-order valence-electron chi connectivity index (χ1n) is 9.79. The summed E-state index contributed by atoms with van der Waals surface area (Å²) in [7, 11) is 0. The number of carbonyl (C=O) groups excluding carboxylic acids is 2. The number of carboxylic acid groups (broad SMARTS) is 1. The largest absolute Gasteiger partial charge is 0.478 e. The van der Waals surface area contributed by atoms with Crippen LogP contribution in [0, 0.1) is 0 Å². The number of rotatable bonds is 5. The molecule has 3 N–H and O–H groups in total. The molecule has 2 aromatic carbocycles. The number of carboxylic acids is 1. The van der Waals surface area contributed by atoms with Gasteiger partial charge in [-0.2, -0.15) is 0 Å². The van der Waals surface area contributed by atoms with Crippen molar-refractivity contribution in [3.63, 3.8) is 0 Å². The molecule has 0 atom stereocenters. The second-order valence-corrected chi connectivity index (χ2v) is 7.14. The van der Waals surface area contributed by atoms with Gasteiger partial charge in [0.15, 0.2) is 0 Å². The van der Waals surface area contributed by atoms with Crippen molar-refractivity contribution < 1.29 is 19.5 Å². The van der Waals surface area contributed by atoms with E-state index in [9.17, 15) is 14.4 Å². The Labute approximate surface area is 169 Å². The summed E-state index contributed by atoms with van der Waals surface area (Å²) in [6.45, 7) is 1.57. The van der Waals surface area contributed by atoms with E-state index in [1.807, 2.05) is 4.90 Å². The summed E-state index contributed by atoms with van der Waals surface area (Å²) in [4.78, 5) is 37.3.